The molecule has 0 saturated heterocycles. The van der Waals surface area contributed by atoms with Crippen LogP contribution in [0.15, 0.2) is 10.1 Å². The van der Waals surface area contributed by atoms with Gasteiger partial charge < -0.3 is 5.21 Å². The molecule has 1 aliphatic heterocycles. The second kappa shape index (κ2) is 2.28. The van der Waals surface area contributed by atoms with Crippen LogP contribution in [0.1, 0.15) is 6.92 Å². The van der Waals surface area contributed by atoms with E-state index in [4.69, 9.17) is 0 Å². The highest BCUT2D eigenvalue weighted by molar-refractivity contribution is 5.97. The van der Waals surface area contributed by atoms with Crippen molar-refractivity contribution in [2.75, 3.05) is 0 Å². The number of hydrogen-bond acceptors (Lipinski definition) is 3. The minimum atomic E-state index is -4.68. The van der Waals surface area contributed by atoms with Crippen LogP contribution in [0.5, 0.6) is 0 Å². The van der Waals surface area contributed by atoms with E-state index in [0.29, 0.717) is 0 Å². The number of nitrogens with one attached hydrogen (secondary N) is 1. The minimum absolute atomic E-state index is 0.151. The number of alkyl halides is 3. The molecule has 0 fully saturated rings. The molecule has 1 unspecified atom stereocenters. The van der Waals surface area contributed by atoms with Crippen LogP contribution in [0.2, 0.25) is 0 Å². The zero-order valence-corrected chi connectivity index (χ0v) is 5.44. The van der Waals surface area contributed by atoms with Gasteiger partial charge in [0.2, 0.25) is 0 Å². The lowest BCUT2D eigenvalue weighted by molar-refractivity contribution is -0.759. The van der Waals surface area contributed by atoms with Gasteiger partial charge in [0, 0.05) is 6.92 Å². The molecule has 1 heterocycles. The van der Waals surface area contributed by atoms with E-state index in [-0.39, 0.29) is 5.84 Å². The Morgan fingerprint density at radius 1 is 1.45 bits per heavy atom. The topological polar surface area (TPSA) is 52.2 Å². The second-order valence-electron chi connectivity index (χ2n) is 1.92. The van der Waals surface area contributed by atoms with Gasteiger partial charge in [-0.25, -0.2) is 0 Å². The zero-order valence-electron chi connectivity index (χ0n) is 5.44. The summed E-state index contributed by atoms with van der Waals surface area (Å²) in [5.74, 6) is -1.59. The molecule has 62 valence electrons. The molecular weight excluding hydrogens is 163 g/mol. The highest BCUT2D eigenvalue weighted by Crippen LogP contribution is 2.15. The summed E-state index contributed by atoms with van der Waals surface area (Å²) in [5, 5.41) is 12.1. The lowest BCUT2D eigenvalue weighted by Gasteiger charge is -2.12. The predicted octanol–water partition coefficient (Wildman–Crippen LogP) is -0.323. The summed E-state index contributed by atoms with van der Waals surface area (Å²) in [7, 11) is 0. The first-order valence-corrected chi connectivity index (χ1v) is 2.67. The first kappa shape index (κ1) is 8.15. The van der Waals surface area contributed by atoms with Gasteiger partial charge in [0.25, 0.3) is 0 Å². The van der Waals surface area contributed by atoms with Gasteiger partial charge in [0.15, 0.2) is 5.84 Å². The van der Waals surface area contributed by atoms with Crippen molar-refractivity contribution >= 4 is 11.7 Å². The van der Waals surface area contributed by atoms with Crippen molar-refractivity contribution in [1.29, 1.82) is 0 Å². The van der Waals surface area contributed by atoms with E-state index in [1.54, 1.807) is 0 Å². The third-order valence-electron chi connectivity index (χ3n) is 1.01. The molecule has 0 aromatic carbocycles. The van der Waals surface area contributed by atoms with Gasteiger partial charge in [-0.05, 0) is 0 Å². The highest BCUT2D eigenvalue weighted by Gasteiger charge is 2.45. The minimum Gasteiger partial charge on any atom is -0.600 e. The van der Waals surface area contributed by atoms with Gasteiger partial charge >= 0.3 is 12.0 Å². The van der Waals surface area contributed by atoms with E-state index in [9.17, 15) is 18.4 Å². The Morgan fingerprint density at radius 3 is 2.18 bits per heavy atom. The Morgan fingerprint density at radius 2 is 2.00 bits per heavy atom. The van der Waals surface area contributed by atoms with Crippen LogP contribution in [0.4, 0.5) is 13.2 Å². The van der Waals surface area contributed by atoms with E-state index < -0.39 is 17.2 Å². The molecule has 0 aromatic heterocycles. The molecule has 0 aromatic rings. The molecule has 0 amide bonds. The summed E-state index contributed by atoms with van der Waals surface area (Å²) in [6.45, 7) is 1.23. The van der Waals surface area contributed by atoms with E-state index in [0.717, 1.165) is 0 Å². The predicted molar refractivity (Wildman–Crippen MR) is 30.9 cm³/mol. The lowest BCUT2D eigenvalue weighted by Crippen LogP contribution is -3.06. The fourth-order valence-corrected chi connectivity index (χ4v) is 0.619. The summed E-state index contributed by atoms with van der Waals surface area (Å²) in [5.41, 5.74) is 0. The fourth-order valence-electron chi connectivity index (χ4n) is 0.619. The highest BCUT2D eigenvalue weighted by atomic mass is 19.4. The first-order chi connectivity index (χ1) is 4.91. The van der Waals surface area contributed by atoms with E-state index in [2.05, 4.69) is 10.1 Å². The Balaban J connectivity index is 2.87. The van der Waals surface area contributed by atoms with Crippen molar-refractivity contribution in [2.45, 2.75) is 13.1 Å². The van der Waals surface area contributed by atoms with Crippen molar-refractivity contribution in [1.82, 2.24) is 0 Å². The van der Waals surface area contributed by atoms with E-state index in [1.807, 2.05) is 0 Å². The van der Waals surface area contributed by atoms with Gasteiger partial charge in [-0.2, -0.15) is 23.3 Å². The second-order valence-corrected chi connectivity index (χ2v) is 1.92. The quantitative estimate of drug-likeness (QED) is 0.494. The summed E-state index contributed by atoms with van der Waals surface area (Å²) in [6.07, 6.45) is -4.68. The molecule has 1 N–H and O–H groups in total. The molecule has 0 radical (unpaired) electrons. The van der Waals surface area contributed by atoms with Crippen molar-refractivity contribution in [3.8, 4) is 0 Å². The number of quaternary nitrogens is 1. The number of rotatable bonds is 0. The van der Waals surface area contributed by atoms with Gasteiger partial charge in [-0.3, -0.25) is 0 Å². The molecule has 1 rings (SSSR count). The van der Waals surface area contributed by atoms with Crippen molar-refractivity contribution in [3.05, 3.63) is 5.21 Å². The number of nitrogens with zero attached hydrogens (tertiary/aromatic N) is 2. The SMILES string of the molecule is CC1=N[NH+]([O-])C(C(F)(F)F)=N1. The Bertz CT molecular complexity index is 231. The summed E-state index contributed by atoms with van der Waals surface area (Å²) in [6, 6.07) is 0. The van der Waals surface area contributed by atoms with Crippen LogP contribution in [-0.4, -0.2) is 17.8 Å². The number of halogens is 3. The van der Waals surface area contributed by atoms with Gasteiger partial charge in [0.1, 0.15) is 0 Å². The lowest BCUT2D eigenvalue weighted by atomic mass is 10.6. The number of amidine groups is 2. The summed E-state index contributed by atoms with van der Waals surface area (Å²) >= 11 is 0. The maximum Gasteiger partial charge on any atom is 0.490 e. The Hall–Kier alpha value is -0.950. The summed E-state index contributed by atoms with van der Waals surface area (Å²) < 4.78 is 35.3. The van der Waals surface area contributed by atoms with Crippen molar-refractivity contribution in [2.24, 2.45) is 10.1 Å². The normalized spacial score (nSPS) is 25.0. The third kappa shape index (κ3) is 1.55. The molecule has 0 bridgehead atoms. The third-order valence-corrected chi connectivity index (χ3v) is 1.01. The molecular formula is C4H4F3N3O. The van der Waals surface area contributed by atoms with Crippen molar-refractivity contribution in [3.63, 3.8) is 0 Å². The van der Waals surface area contributed by atoms with Crippen LogP contribution in [0.3, 0.4) is 0 Å². The molecule has 1 aliphatic rings. The standard InChI is InChI=1S/C4H4F3N3O/c1-2-8-3(4(5,6)7)10(11)9-2/h10H,1H3. The van der Waals surface area contributed by atoms with E-state index in [1.165, 1.54) is 6.92 Å². The smallest absolute Gasteiger partial charge is 0.490 e. The van der Waals surface area contributed by atoms with Crippen LogP contribution >= 0.6 is 0 Å². The fraction of sp³-hybridized carbons (Fsp3) is 0.500. The van der Waals surface area contributed by atoms with Crippen LogP contribution in [0.25, 0.3) is 0 Å². The molecule has 4 nitrogen and oxygen atoms in total. The van der Waals surface area contributed by atoms with Gasteiger partial charge in [-0.15, -0.1) is 0 Å². The number of aliphatic imine (C=N–C) groups is 1. The average molecular weight is 167 g/mol. The van der Waals surface area contributed by atoms with Crippen molar-refractivity contribution < 1.29 is 18.3 Å². The van der Waals surface area contributed by atoms with Crippen LogP contribution in [0, 0.1) is 5.21 Å². The van der Waals surface area contributed by atoms with Gasteiger partial charge in [0.05, 0.1) is 0 Å². The largest absolute Gasteiger partial charge is 0.600 e. The maximum absolute atomic E-state index is 11.8. The molecule has 11 heavy (non-hydrogen) atoms. The number of hydrogen-bond donors (Lipinski definition) is 1. The van der Waals surface area contributed by atoms with Crippen LogP contribution < -0.4 is 5.17 Å². The summed E-state index contributed by atoms with van der Waals surface area (Å²) in [4.78, 5) is 2.93. The average Bonchev–Trinajstić information content (AvgIpc) is 2.08. The number of hydroxylamine groups is 1. The van der Waals surface area contributed by atoms with Crippen LogP contribution in [-0.2, 0) is 0 Å². The first-order valence-electron chi connectivity index (χ1n) is 2.67. The maximum atomic E-state index is 11.8. The molecule has 0 aliphatic carbocycles. The monoisotopic (exact) mass is 167 g/mol. The zero-order chi connectivity index (χ0) is 8.65. The Kier molecular flexibility index (Phi) is 1.69. The Labute approximate surface area is 59.6 Å². The van der Waals surface area contributed by atoms with E-state index >= 15 is 0 Å². The molecule has 1 atom stereocenters. The van der Waals surface area contributed by atoms with Gasteiger partial charge in [-0.1, -0.05) is 5.10 Å². The molecule has 0 spiro atoms. The molecule has 0 saturated carbocycles. The molecule has 7 heteroatoms.